The highest BCUT2D eigenvalue weighted by molar-refractivity contribution is 5.63. The third-order valence-electron chi connectivity index (χ3n) is 3.02. The standard InChI is InChI=1S/C16H15NO4/c1-12-9-14(7-8-18)16(15(10-12)17(19)20)21-11-13-5-3-2-4-6-13/h2-6,8-10H,7,11H2,1H3. The molecule has 0 bridgehead atoms. The molecular weight excluding hydrogens is 270 g/mol. The van der Waals surface area contributed by atoms with Crippen LogP contribution in [0.15, 0.2) is 42.5 Å². The van der Waals surface area contributed by atoms with E-state index in [9.17, 15) is 14.9 Å². The molecule has 2 rings (SSSR count). The molecule has 0 heterocycles. The van der Waals surface area contributed by atoms with Crippen LogP contribution in [0.2, 0.25) is 0 Å². The number of aryl methyl sites for hydroxylation is 1. The second kappa shape index (κ2) is 6.65. The van der Waals surface area contributed by atoms with Gasteiger partial charge in [0.15, 0.2) is 0 Å². The van der Waals surface area contributed by atoms with Crippen molar-refractivity contribution in [2.75, 3.05) is 0 Å². The maximum absolute atomic E-state index is 11.2. The Morgan fingerprint density at radius 3 is 2.57 bits per heavy atom. The number of nitrogens with zero attached hydrogens (tertiary/aromatic N) is 1. The van der Waals surface area contributed by atoms with Crippen LogP contribution in [0.5, 0.6) is 5.75 Å². The average molecular weight is 285 g/mol. The number of ether oxygens (including phenoxy) is 1. The van der Waals surface area contributed by atoms with Crippen LogP contribution in [-0.2, 0) is 17.8 Å². The maximum Gasteiger partial charge on any atom is 0.311 e. The molecule has 5 nitrogen and oxygen atoms in total. The van der Waals surface area contributed by atoms with Gasteiger partial charge in [0, 0.05) is 18.1 Å². The number of hydrogen-bond donors (Lipinski definition) is 0. The van der Waals surface area contributed by atoms with E-state index >= 15 is 0 Å². The second-order valence-electron chi connectivity index (χ2n) is 4.67. The molecule has 0 aliphatic heterocycles. The molecular formula is C16H15NO4. The van der Waals surface area contributed by atoms with Crippen molar-refractivity contribution in [3.05, 3.63) is 69.3 Å². The summed E-state index contributed by atoms with van der Waals surface area (Å²) in [4.78, 5) is 21.5. The second-order valence-corrected chi connectivity index (χ2v) is 4.67. The van der Waals surface area contributed by atoms with Crippen molar-refractivity contribution in [2.45, 2.75) is 20.0 Å². The van der Waals surface area contributed by atoms with E-state index in [0.29, 0.717) is 11.8 Å². The highest BCUT2D eigenvalue weighted by Crippen LogP contribution is 2.33. The lowest BCUT2D eigenvalue weighted by atomic mass is 10.1. The molecule has 2 aromatic rings. The molecule has 0 aliphatic rings. The number of benzene rings is 2. The van der Waals surface area contributed by atoms with E-state index in [1.807, 2.05) is 30.3 Å². The first-order chi connectivity index (χ1) is 10.1. The number of nitro groups is 1. The summed E-state index contributed by atoms with van der Waals surface area (Å²) in [7, 11) is 0. The topological polar surface area (TPSA) is 69.4 Å². The Hall–Kier alpha value is -2.69. The first-order valence-corrected chi connectivity index (χ1v) is 6.50. The molecule has 0 aromatic heterocycles. The Morgan fingerprint density at radius 2 is 1.95 bits per heavy atom. The van der Waals surface area contributed by atoms with Gasteiger partial charge in [-0.3, -0.25) is 10.1 Å². The van der Waals surface area contributed by atoms with Crippen molar-refractivity contribution >= 4 is 12.0 Å². The molecule has 2 aromatic carbocycles. The first kappa shape index (κ1) is 14.7. The van der Waals surface area contributed by atoms with Crippen LogP contribution >= 0.6 is 0 Å². The molecule has 0 unspecified atom stereocenters. The lowest BCUT2D eigenvalue weighted by Gasteiger charge is -2.11. The van der Waals surface area contributed by atoms with Crippen LogP contribution in [0, 0.1) is 17.0 Å². The van der Waals surface area contributed by atoms with Crippen LogP contribution in [0.1, 0.15) is 16.7 Å². The van der Waals surface area contributed by atoms with Crippen molar-refractivity contribution in [3.63, 3.8) is 0 Å². The smallest absolute Gasteiger partial charge is 0.311 e. The predicted molar refractivity (Wildman–Crippen MR) is 78.4 cm³/mol. The third kappa shape index (κ3) is 3.66. The fraction of sp³-hybridized carbons (Fsp3) is 0.188. The fourth-order valence-electron chi connectivity index (χ4n) is 2.10. The Labute approximate surface area is 122 Å². The molecule has 21 heavy (non-hydrogen) atoms. The molecule has 108 valence electrons. The summed E-state index contributed by atoms with van der Waals surface area (Å²) in [5.41, 5.74) is 2.06. The Morgan fingerprint density at radius 1 is 1.24 bits per heavy atom. The molecule has 0 saturated heterocycles. The molecule has 5 heteroatoms. The van der Waals surface area contributed by atoms with Gasteiger partial charge in [0.25, 0.3) is 0 Å². The Balaban J connectivity index is 2.35. The van der Waals surface area contributed by atoms with Gasteiger partial charge in [0.1, 0.15) is 12.9 Å². The lowest BCUT2D eigenvalue weighted by molar-refractivity contribution is -0.386. The van der Waals surface area contributed by atoms with Gasteiger partial charge in [-0.25, -0.2) is 0 Å². The number of nitro benzene ring substituents is 1. The van der Waals surface area contributed by atoms with Crippen LogP contribution < -0.4 is 4.74 Å². The highest BCUT2D eigenvalue weighted by atomic mass is 16.6. The van der Waals surface area contributed by atoms with Crippen LogP contribution in [0.25, 0.3) is 0 Å². The van der Waals surface area contributed by atoms with Gasteiger partial charge in [0.2, 0.25) is 5.75 Å². The fourth-order valence-corrected chi connectivity index (χ4v) is 2.10. The molecule has 0 amide bonds. The van der Waals surface area contributed by atoms with Crippen LogP contribution in [-0.4, -0.2) is 11.2 Å². The minimum atomic E-state index is -0.484. The first-order valence-electron chi connectivity index (χ1n) is 6.50. The number of hydrogen-bond acceptors (Lipinski definition) is 4. The third-order valence-corrected chi connectivity index (χ3v) is 3.02. The maximum atomic E-state index is 11.2. The highest BCUT2D eigenvalue weighted by Gasteiger charge is 2.20. The van der Waals surface area contributed by atoms with Crippen LogP contribution in [0.3, 0.4) is 0 Å². The number of aldehydes is 1. The van der Waals surface area contributed by atoms with Crippen molar-refractivity contribution in [2.24, 2.45) is 0 Å². The normalized spacial score (nSPS) is 10.1. The molecule has 0 atom stereocenters. The summed E-state index contributed by atoms with van der Waals surface area (Å²) in [5.74, 6) is 0.168. The van der Waals surface area contributed by atoms with Gasteiger partial charge in [-0.15, -0.1) is 0 Å². The lowest BCUT2D eigenvalue weighted by Crippen LogP contribution is -2.03. The zero-order valence-electron chi connectivity index (χ0n) is 11.6. The summed E-state index contributed by atoms with van der Waals surface area (Å²) < 4.78 is 5.62. The van der Waals surface area contributed by atoms with E-state index in [2.05, 4.69) is 0 Å². The van der Waals surface area contributed by atoms with E-state index < -0.39 is 4.92 Å². The van der Waals surface area contributed by atoms with Gasteiger partial charge in [-0.05, 0) is 18.1 Å². The van der Waals surface area contributed by atoms with Gasteiger partial charge in [0.05, 0.1) is 4.92 Å². The molecule has 0 N–H and O–H groups in total. The quantitative estimate of drug-likeness (QED) is 0.464. The average Bonchev–Trinajstić information content (AvgIpc) is 2.47. The predicted octanol–water partition coefficient (Wildman–Crippen LogP) is 3.22. The summed E-state index contributed by atoms with van der Waals surface area (Å²) in [6.07, 6.45) is 0.806. The molecule has 0 spiro atoms. The largest absolute Gasteiger partial charge is 0.482 e. The minimum absolute atomic E-state index is 0.0899. The van der Waals surface area contributed by atoms with Crippen molar-refractivity contribution in [1.29, 1.82) is 0 Å². The van der Waals surface area contributed by atoms with Gasteiger partial charge < -0.3 is 9.53 Å². The Kier molecular flexibility index (Phi) is 4.66. The molecule has 0 aliphatic carbocycles. The monoisotopic (exact) mass is 285 g/mol. The summed E-state index contributed by atoms with van der Waals surface area (Å²) >= 11 is 0. The van der Waals surface area contributed by atoms with Crippen molar-refractivity contribution < 1.29 is 14.5 Å². The molecule has 0 radical (unpaired) electrons. The van der Waals surface area contributed by atoms with Crippen molar-refractivity contribution in [1.82, 2.24) is 0 Å². The van der Waals surface area contributed by atoms with Gasteiger partial charge in [-0.1, -0.05) is 36.4 Å². The zero-order valence-corrected chi connectivity index (χ0v) is 11.6. The Bertz CT molecular complexity index is 653. The SMILES string of the molecule is Cc1cc(CC=O)c(OCc2ccccc2)c([N+](=O)[O-])c1. The number of carbonyl (C=O) groups is 1. The minimum Gasteiger partial charge on any atom is -0.482 e. The summed E-state index contributed by atoms with van der Waals surface area (Å²) in [6.45, 7) is 1.97. The van der Waals surface area contributed by atoms with E-state index in [-0.39, 0.29) is 24.5 Å². The zero-order chi connectivity index (χ0) is 15.2. The van der Waals surface area contributed by atoms with Gasteiger partial charge >= 0.3 is 5.69 Å². The molecule has 0 saturated carbocycles. The van der Waals surface area contributed by atoms with Crippen LogP contribution in [0.4, 0.5) is 5.69 Å². The molecule has 0 fully saturated rings. The number of carbonyl (C=O) groups excluding carboxylic acids is 1. The van der Waals surface area contributed by atoms with E-state index in [4.69, 9.17) is 4.74 Å². The summed E-state index contributed by atoms with van der Waals surface area (Å²) in [5, 5.41) is 11.2. The summed E-state index contributed by atoms with van der Waals surface area (Å²) in [6, 6.07) is 12.6. The van der Waals surface area contributed by atoms with E-state index in [1.54, 1.807) is 13.0 Å². The van der Waals surface area contributed by atoms with Crippen molar-refractivity contribution in [3.8, 4) is 5.75 Å². The van der Waals surface area contributed by atoms with E-state index in [0.717, 1.165) is 11.1 Å². The van der Waals surface area contributed by atoms with Gasteiger partial charge in [-0.2, -0.15) is 0 Å². The van der Waals surface area contributed by atoms with E-state index in [1.165, 1.54) is 6.07 Å². The number of rotatable bonds is 6.